The van der Waals surface area contributed by atoms with Gasteiger partial charge in [-0.15, -0.1) is 0 Å². The Hall–Kier alpha value is -2.91. The molecule has 1 heterocycles. The molecule has 1 N–H and O–H groups in total. The van der Waals surface area contributed by atoms with E-state index in [2.05, 4.69) is 31.4 Å². The minimum Gasteiger partial charge on any atom is -0.373 e. The van der Waals surface area contributed by atoms with E-state index in [4.69, 9.17) is 4.98 Å². The predicted molar refractivity (Wildman–Crippen MR) is 110 cm³/mol. The van der Waals surface area contributed by atoms with Crippen LogP contribution in [0.25, 0.3) is 11.0 Å². The van der Waals surface area contributed by atoms with Crippen molar-refractivity contribution in [2.24, 2.45) is 0 Å². The molecule has 3 aromatic carbocycles. The topological polar surface area (TPSA) is 38.1 Å². The fourth-order valence-electron chi connectivity index (χ4n) is 3.72. The van der Waals surface area contributed by atoms with Crippen LogP contribution in [0.5, 0.6) is 0 Å². The standard InChI is InChI=1S/C24H24N2O/c1-17(2)26-22-12-8-7-11-21(22)25-23(26)24(27,19-9-5-4-6-10-19)20-15-13-18(3)14-16-20/h4-17,27H,1-3H3/t24-/m1/s1. The van der Waals surface area contributed by atoms with E-state index in [0.29, 0.717) is 5.82 Å². The normalized spacial score (nSPS) is 13.8. The molecule has 0 unspecified atom stereocenters. The van der Waals surface area contributed by atoms with Crippen LogP contribution >= 0.6 is 0 Å². The number of rotatable bonds is 4. The zero-order chi connectivity index (χ0) is 19.0. The first kappa shape index (κ1) is 17.5. The van der Waals surface area contributed by atoms with Gasteiger partial charge in [0.15, 0.2) is 11.4 Å². The number of hydrogen-bond donors (Lipinski definition) is 1. The zero-order valence-corrected chi connectivity index (χ0v) is 15.9. The van der Waals surface area contributed by atoms with Crippen molar-refractivity contribution in [3.8, 4) is 0 Å². The third-order valence-corrected chi connectivity index (χ3v) is 5.10. The first-order chi connectivity index (χ1) is 13.0. The molecule has 136 valence electrons. The van der Waals surface area contributed by atoms with Gasteiger partial charge in [-0.05, 0) is 44.0 Å². The highest BCUT2D eigenvalue weighted by Gasteiger charge is 2.39. The van der Waals surface area contributed by atoms with Crippen molar-refractivity contribution in [1.82, 2.24) is 9.55 Å². The second kappa shape index (κ2) is 6.67. The summed E-state index contributed by atoms with van der Waals surface area (Å²) in [4.78, 5) is 4.89. The summed E-state index contributed by atoms with van der Waals surface area (Å²) < 4.78 is 2.14. The number of nitrogens with zero attached hydrogens (tertiary/aromatic N) is 2. The van der Waals surface area contributed by atoms with E-state index < -0.39 is 5.60 Å². The summed E-state index contributed by atoms with van der Waals surface area (Å²) in [5, 5.41) is 12.2. The lowest BCUT2D eigenvalue weighted by atomic mass is 9.85. The molecule has 3 heteroatoms. The lowest BCUT2D eigenvalue weighted by Crippen LogP contribution is -2.33. The van der Waals surface area contributed by atoms with Crippen molar-refractivity contribution in [3.63, 3.8) is 0 Å². The van der Waals surface area contributed by atoms with Gasteiger partial charge in [0, 0.05) is 6.04 Å². The van der Waals surface area contributed by atoms with E-state index >= 15 is 0 Å². The molecule has 0 saturated heterocycles. The van der Waals surface area contributed by atoms with Gasteiger partial charge < -0.3 is 9.67 Å². The quantitative estimate of drug-likeness (QED) is 0.545. The summed E-state index contributed by atoms with van der Waals surface area (Å²) in [6.45, 7) is 6.30. The van der Waals surface area contributed by atoms with Crippen LogP contribution in [0.2, 0.25) is 0 Å². The maximum atomic E-state index is 12.2. The summed E-state index contributed by atoms with van der Waals surface area (Å²) in [6, 6.07) is 26.1. The number of para-hydroxylation sites is 2. The van der Waals surface area contributed by atoms with Gasteiger partial charge in [-0.3, -0.25) is 0 Å². The van der Waals surface area contributed by atoms with Crippen LogP contribution in [-0.2, 0) is 5.60 Å². The lowest BCUT2D eigenvalue weighted by molar-refractivity contribution is 0.110. The van der Waals surface area contributed by atoms with Crippen LogP contribution in [-0.4, -0.2) is 14.7 Å². The molecule has 4 aromatic rings. The monoisotopic (exact) mass is 356 g/mol. The molecule has 0 aliphatic carbocycles. The Balaban J connectivity index is 2.07. The average Bonchev–Trinajstić information content (AvgIpc) is 3.09. The van der Waals surface area contributed by atoms with Gasteiger partial charge in [0.2, 0.25) is 0 Å². The van der Waals surface area contributed by atoms with Crippen molar-refractivity contribution in [3.05, 3.63) is 101 Å². The Morgan fingerprint density at radius 1 is 0.815 bits per heavy atom. The summed E-state index contributed by atoms with van der Waals surface area (Å²) in [5.74, 6) is 0.647. The number of aromatic nitrogens is 2. The van der Waals surface area contributed by atoms with Crippen LogP contribution in [0.4, 0.5) is 0 Å². The second-order valence-electron chi connectivity index (χ2n) is 7.33. The number of benzene rings is 3. The Kier molecular flexibility index (Phi) is 4.33. The number of hydrogen-bond acceptors (Lipinski definition) is 2. The zero-order valence-electron chi connectivity index (χ0n) is 15.9. The van der Waals surface area contributed by atoms with Crippen LogP contribution in [0.15, 0.2) is 78.9 Å². The summed E-state index contributed by atoms with van der Waals surface area (Å²) in [5.41, 5.74) is 3.37. The van der Waals surface area contributed by atoms with Crippen molar-refractivity contribution in [2.75, 3.05) is 0 Å². The SMILES string of the molecule is Cc1ccc([C@](O)(c2ccccc2)c2nc3ccccc3n2C(C)C)cc1. The number of imidazole rings is 1. The minimum atomic E-state index is -1.34. The van der Waals surface area contributed by atoms with E-state index in [0.717, 1.165) is 27.7 Å². The molecule has 0 spiro atoms. The van der Waals surface area contributed by atoms with Gasteiger partial charge >= 0.3 is 0 Å². The third-order valence-electron chi connectivity index (χ3n) is 5.10. The molecule has 0 radical (unpaired) electrons. The van der Waals surface area contributed by atoms with Crippen LogP contribution in [0.3, 0.4) is 0 Å². The fourth-order valence-corrected chi connectivity index (χ4v) is 3.72. The molecular weight excluding hydrogens is 332 g/mol. The van der Waals surface area contributed by atoms with E-state index in [-0.39, 0.29) is 6.04 Å². The average molecular weight is 356 g/mol. The Morgan fingerprint density at radius 3 is 2.07 bits per heavy atom. The second-order valence-corrected chi connectivity index (χ2v) is 7.33. The predicted octanol–water partition coefficient (Wildman–Crippen LogP) is 5.21. The van der Waals surface area contributed by atoms with Gasteiger partial charge in [0.25, 0.3) is 0 Å². The molecule has 1 aromatic heterocycles. The number of fused-ring (bicyclic) bond motifs is 1. The van der Waals surface area contributed by atoms with Crippen molar-refractivity contribution < 1.29 is 5.11 Å². The molecule has 0 amide bonds. The van der Waals surface area contributed by atoms with Crippen LogP contribution in [0.1, 0.15) is 42.4 Å². The van der Waals surface area contributed by atoms with Gasteiger partial charge in [-0.25, -0.2) is 4.98 Å². The van der Waals surface area contributed by atoms with Crippen molar-refractivity contribution in [1.29, 1.82) is 0 Å². The highest BCUT2D eigenvalue weighted by Crippen LogP contribution is 2.39. The van der Waals surface area contributed by atoms with Crippen molar-refractivity contribution in [2.45, 2.75) is 32.4 Å². The third kappa shape index (κ3) is 2.84. The fraction of sp³-hybridized carbons (Fsp3) is 0.208. The molecular formula is C24H24N2O. The largest absolute Gasteiger partial charge is 0.373 e. The minimum absolute atomic E-state index is 0.160. The maximum Gasteiger partial charge on any atom is 0.173 e. The molecule has 1 atom stereocenters. The molecule has 0 fully saturated rings. The highest BCUT2D eigenvalue weighted by atomic mass is 16.3. The summed E-state index contributed by atoms with van der Waals surface area (Å²) >= 11 is 0. The molecule has 0 bridgehead atoms. The highest BCUT2D eigenvalue weighted by molar-refractivity contribution is 5.77. The number of aryl methyl sites for hydroxylation is 1. The van der Waals surface area contributed by atoms with E-state index in [1.54, 1.807) is 0 Å². The van der Waals surface area contributed by atoms with Crippen molar-refractivity contribution >= 4 is 11.0 Å². The molecule has 0 saturated carbocycles. The van der Waals surface area contributed by atoms with Gasteiger partial charge in [0.1, 0.15) is 0 Å². The van der Waals surface area contributed by atoms with Gasteiger partial charge in [-0.2, -0.15) is 0 Å². The van der Waals surface area contributed by atoms with Gasteiger partial charge in [0.05, 0.1) is 11.0 Å². The lowest BCUT2D eigenvalue weighted by Gasteiger charge is -2.31. The van der Waals surface area contributed by atoms with Gasteiger partial charge in [-0.1, -0.05) is 72.3 Å². The molecule has 27 heavy (non-hydrogen) atoms. The first-order valence-corrected chi connectivity index (χ1v) is 9.34. The van der Waals surface area contributed by atoms with Crippen LogP contribution in [0, 0.1) is 6.92 Å². The summed E-state index contributed by atoms with van der Waals surface area (Å²) in [7, 11) is 0. The molecule has 0 aliphatic heterocycles. The van der Waals surface area contributed by atoms with E-state index in [1.807, 2.05) is 72.8 Å². The number of aliphatic hydroxyl groups is 1. The van der Waals surface area contributed by atoms with E-state index in [9.17, 15) is 5.11 Å². The first-order valence-electron chi connectivity index (χ1n) is 9.34. The molecule has 4 rings (SSSR count). The van der Waals surface area contributed by atoms with E-state index in [1.165, 1.54) is 0 Å². The Morgan fingerprint density at radius 2 is 1.41 bits per heavy atom. The Bertz CT molecular complexity index is 1060. The summed E-state index contributed by atoms with van der Waals surface area (Å²) in [6.07, 6.45) is 0. The smallest absolute Gasteiger partial charge is 0.173 e. The van der Waals surface area contributed by atoms with Crippen LogP contribution < -0.4 is 0 Å². The maximum absolute atomic E-state index is 12.2. The Labute approximate surface area is 159 Å². The molecule has 0 aliphatic rings. The molecule has 3 nitrogen and oxygen atoms in total.